The Morgan fingerprint density at radius 2 is 1.41 bits per heavy atom. The van der Waals surface area contributed by atoms with Gasteiger partial charge in [0.1, 0.15) is 0 Å². The smallest absolute Gasteiger partial charge is 0.344 e. The lowest BCUT2D eigenvalue weighted by molar-refractivity contribution is -0.293. The molecule has 1 saturated heterocycles. The van der Waals surface area contributed by atoms with Gasteiger partial charge in [0.05, 0.1) is 20.0 Å². The molecular formula is C26H32O13. The van der Waals surface area contributed by atoms with Gasteiger partial charge in [-0.25, -0.2) is 4.79 Å². The van der Waals surface area contributed by atoms with Gasteiger partial charge in [0.15, 0.2) is 29.8 Å². The molecule has 13 nitrogen and oxygen atoms in total. The molecule has 1 aliphatic rings. The van der Waals surface area contributed by atoms with Crippen LogP contribution in [0.15, 0.2) is 30.5 Å². The lowest BCUT2D eigenvalue weighted by Crippen LogP contribution is -2.64. The van der Waals surface area contributed by atoms with E-state index < -0.39 is 60.6 Å². The molecule has 39 heavy (non-hydrogen) atoms. The van der Waals surface area contributed by atoms with Gasteiger partial charge in [-0.15, -0.1) is 0 Å². The second-order valence-corrected chi connectivity index (χ2v) is 8.19. The number of benzene rings is 1. The summed E-state index contributed by atoms with van der Waals surface area (Å²) in [7, 11) is 1.52. The normalized spacial score (nSPS) is 22.4. The maximum Gasteiger partial charge on any atom is 0.344 e. The number of carbonyl (C=O) groups excluding carboxylic acids is 5. The maximum absolute atomic E-state index is 13.0. The van der Waals surface area contributed by atoms with Crippen LogP contribution in [0.5, 0.6) is 11.5 Å². The predicted octanol–water partition coefficient (Wildman–Crippen LogP) is 1.78. The van der Waals surface area contributed by atoms with Crippen molar-refractivity contribution in [2.75, 3.05) is 13.7 Å². The van der Waals surface area contributed by atoms with Crippen molar-refractivity contribution >= 4 is 29.8 Å². The first-order valence-electron chi connectivity index (χ1n) is 12.0. The summed E-state index contributed by atoms with van der Waals surface area (Å²) in [5.41, 5.74) is 0.823. The topological polar surface area (TPSA) is 159 Å². The van der Waals surface area contributed by atoms with Crippen molar-refractivity contribution in [3.63, 3.8) is 0 Å². The molecular weight excluding hydrogens is 520 g/mol. The van der Waals surface area contributed by atoms with E-state index in [-0.39, 0.29) is 0 Å². The van der Waals surface area contributed by atoms with Gasteiger partial charge in [0, 0.05) is 27.7 Å². The largest absolute Gasteiger partial charge is 0.493 e. The van der Waals surface area contributed by atoms with Crippen LogP contribution in [0.25, 0.3) is 0 Å². The molecule has 1 aliphatic heterocycles. The molecule has 0 spiro atoms. The average molecular weight is 553 g/mol. The summed E-state index contributed by atoms with van der Waals surface area (Å²) in [5, 5.41) is 0. The first-order chi connectivity index (χ1) is 18.5. The van der Waals surface area contributed by atoms with E-state index in [0.29, 0.717) is 24.5 Å². The van der Waals surface area contributed by atoms with Crippen molar-refractivity contribution in [2.24, 2.45) is 0 Å². The zero-order valence-electron chi connectivity index (χ0n) is 22.5. The number of methoxy groups -OCH3 is 1. The fourth-order valence-corrected chi connectivity index (χ4v) is 3.70. The Morgan fingerprint density at radius 1 is 0.821 bits per heavy atom. The molecule has 2 rings (SSSR count). The highest BCUT2D eigenvalue weighted by atomic mass is 16.7. The Hall–Kier alpha value is -4.13. The highest BCUT2D eigenvalue weighted by molar-refractivity contribution is 5.78. The van der Waals surface area contributed by atoms with Crippen molar-refractivity contribution in [3.8, 4) is 11.5 Å². The third kappa shape index (κ3) is 9.28. The third-order valence-electron chi connectivity index (χ3n) is 5.08. The number of hydrogen-bond donors (Lipinski definition) is 0. The molecule has 0 unspecified atom stereocenters. The van der Waals surface area contributed by atoms with Crippen LogP contribution in [0, 0.1) is 0 Å². The summed E-state index contributed by atoms with van der Waals surface area (Å²) in [4.78, 5) is 60.1. The SMILES string of the molecule is CCOc1ccc(C/C=C/OC(=O)[C@H]2O[C@H](OC(C)=O)[C@H](OC(C)=O)[C@@H](OC(C)=O)[C@@H]2OC(C)=O)cc1OC. The van der Waals surface area contributed by atoms with Gasteiger partial charge in [0.2, 0.25) is 12.4 Å². The molecule has 0 aromatic heterocycles. The summed E-state index contributed by atoms with van der Waals surface area (Å²) in [5.74, 6) is -3.33. The van der Waals surface area contributed by atoms with Gasteiger partial charge < -0.3 is 37.9 Å². The average Bonchev–Trinajstić information content (AvgIpc) is 2.84. The van der Waals surface area contributed by atoms with E-state index in [0.717, 1.165) is 39.5 Å². The lowest BCUT2D eigenvalue weighted by Gasteiger charge is -2.42. The minimum Gasteiger partial charge on any atom is -0.493 e. The zero-order chi connectivity index (χ0) is 29.1. The monoisotopic (exact) mass is 552 g/mol. The number of hydrogen-bond acceptors (Lipinski definition) is 13. The lowest BCUT2D eigenvalue weighted by atomic mass is 9.97. The highest BCUT2D eigenvalue weighted by Gasteiger charge is 2.56. The summed E-state index contributed by atoms with van der Waals surface area (Å²) in [6.45, 7) is 6.54. The molecule has 0 saturated carbocycles. The Labute approximate surface area is 225 Å². The summed E-state index contributed by atoms with van der Waals surface area (Å²) < 4.78 is 42.2. The number of esters is 5. The van der Waals surface area contributed by atoms with E-state index in [9.17, 15) is 24.0 Å². The molecule has 0 amide bonds. The van der Waals surface area contributed by atoms with E-state index in [2.05, 4.69) is 0 Å². The minimum absolute atomic E-state index is 0.343. The van der Waals surface area contributed by atoms with Gasteiger partial charge in [-0.1, -0.05) is 6.07 Å². The Morgan fingerprint density at radius 3 is 1.97 bits per heavy atom. The van der Waals surface area contributed by atoms with Crippen LogP contribution in [0.2, 0.25) is 0 Å². The molecule has 5 atom stereocenters. The first kappa shape index (κ1) is 31.1. The molecule has 1 aromatic rings. The van der Waals surface area contributed by atoms with Crippen molar-refractivity contribution in [2.45, 2.75) is 71.7 Å². The standard InChI is InChI=1S/C26H32O13/c1-7-33-19-11-10-18(13-20(19)32-6)9-8-12-34-25(31)23-21(35-14(2)27)22(36-15(3)28)24(37-16(4)29)26(39-23)38-17(5)30/h8,10-13,21-24,26H,7,9H2,1-6H3/b12-8+/t21-,22-,23-,24+,26-/m0/s1. The summed E-state index contributed by atoms with van der Waals surface area (Å²) in [6.07, 6.45) is -5.13. The Bertz CT molecular complexity index is 1080. The zero-order valence-corrected chi connectivity index (χ0v) is 22.5. The number of allylic oxidation sites excluding steroid dienone is 1. The Kier molecular flexibility index (Phi) is 11.7. The van der Waals surface area contributed by atoms with E-state index in [4.69, 9.17) is 37.9 Å². The quantitative estimate of drug-likeness (QED) is 0.222. The molecule has 1 aromatic carbocycles. The molecule has 214 valence electrons. The molecule has 1 heterocycles. The molecule has 0 bridgehead atoms. The molecule has 0 N–H and O–H groups in total. The van der Waals surface area contributed by atoms with E-state index in [1.165, 1.54) is 13.2 Å². The van der Waals surface area contributed by atoms with Gasteiger partial charge >= 0.3 is 29.8 Å². The fourth-order valence-electron chi connectivity index (χ4n) is 3.70. The molecule has 0 aliphatic carbocycles. The van der Waals surface area contributed by atoms with Crippen LogP contribution in [0.3, 0.4) is 0 Å². The maximum atomic E-state index is 13.0. The van der Waals surface area contributed by atoms with Gasteiger partial charge in [-0.05, 0) is 37.1 Å². The van der Waals surface area contributed by atoms with Gasteiger partial charge in [-0.2, -0.15) is 0 Å². The number of carbonyl (C=O) groups is 5. The van der Waals surface area contributed by atoms with E-state index in [1.54, 1.807) is 12.1 Å². The minimum atomic E-state index is -1.72. The van der Waals surface area contributed by atoms with Crippen LogP contribution in [-0.4, -0.2) is 74.3 Å². The van der Waals surface area contributed by atoms with Crippen LogP contribution in [0.4, 0.5) is 0 Å². The highest BCUT2D eigenvalue weighted by Crippen LogP contribution is 2.31. The number of rotatable bonds is 11. The molecule has 0 radical (unpaired) electrons. The van der Waals surface area contributed by atoms with Crippen molar-refractivity contribution in [1.82, 2.24) is 0 Å². The summed E-state index contributed by atoms with van der Waals surface area (Å²) >= 11 is 0. The van der Waals surface area contributed by atoms with E-state index in [1.807, 2.05) is 13.0 Å². The summed E-state index contributed by atoms with van der Waals surface area (Å²) in [6, 6.07) is 5.32. The number of ether oxygens (including phenoxy) is 8. The van der Waals surface area contributed by atoms with Crippen molar-refractivity contribution in [3.05, 3.63) is 36.1 Å². The fraction of sp³-hybridized carbons (Fsp3) is 0.500. The van der Waals surface area contributed by atoms with Gasteiger partial charge in [0.25, 0.3) is 0 Å². The Balaban J connectivity index is 2.27. The van der Waals surface area contributed by atoms with Crippen LogP contribution < -0.4 is 9.47 Å². The van der Waals surface area contributed by atoms with Crippen molar-refractivity contribution in [1.29, 1.82) is 0 Å². The second-order valence-electron chi connectivity index (χ2n) is 8.19. The second kappa shape index (κ2) is 14.7. The van der Waals surface area contributed by atoms with Crippen LogP contribution in [0.1, 0.15) is 40.2 Å². The molecule has 1 fully saturated rings. The first-order valence-corrected chi connectivity index (χ1v) is 12.0. The van der Waals surface area contributed by atoms with Crippen molar-refractivity contribution < 1.29 is 61.9 Å². The van der Waals surface area contributed by atoms with Crippen LogP contribution in [-0.2, 0) is 58.8 Å². The van der Waals surface area contributed by atoms with Crippen LogP contribution >= 0.6 is 0 Å². The predicted molar refractivity (Wildman–Crippen MR) is 130 cm³/mol. The third-order valence-corrected chi connectivity index (χ3v) is 5.08. The molecule has 13 heteroatoms. The van der Waals surface area contributed by atoms with E-state index >= 15 is 0 Å². The van der Waals surface area contributed by atoms with Gasteiger partial charge in [-0.3, -0.25) is 19.2 Å².